The van der Waals surface area contributed by atoms with Crippen LogP contribution in [0.4, 0.5) is 0 Å². The van der Waals surface area contributed by atoms with Crippen LogP contribution in [0.5, 0.6) is 5.75 Å². The molecule has 0 bridgehead atoms. The van der Waals surface area contributed by atoms with E-state index in [0.29, 0.717) is 25.2 Å². The molecule has 196 valence electrons. The number of fused-ring (bicyclic) bond motifs is 1. The number of aromatic nitrogens is 3. The van der Waals surface area contributed by atoms with E-state index in [0.717, 1.165) is 50.6 Å². The number of esters is 1. The summed E-state index contributed by atoms with van der Waals surface area (Å²) in [7, 11) is 0. The van der Waals surface area contributed by atoms with E-state index in [1.54, 1.807) is 0 Å². The Balaban J connectivity index is 1.62. The van der Waals surface area contributed by atoms with Crippen LogP contribution in [-0.4, -0.2) is 27.2 Å². The maximum atomic E-state index is 11.8. The highest BCUT2D eigenvalue weighted by atomic mass is 16.5. The summed E-state index contributed by atoms with van der Waals surface area (Å²) in [5.74, 6) is 1.59. The lowest BCUT2D eigenvalue weighted by Gasteiger charge is -2.14. The number of benzene rings is 2. The van der Waals surface area contributed by atoms with Crippen molar-refractivity contribution in [3.8, 4) is 22.9 Å². The third kappa shape index (κ3) is 5.86. The second-order valence-electron chi connectivity index (χ2n) is 10.0. The molecule has 2 aromatic carbocycles. The topological polar surface area (TPSA) is 89.5 Å². The zero-order valence-electron chi connectivity index (χ0n) is 22.9. The second kappa shape index (κ2) is 11.5. The van der Waals surface area contributed by atoms with E-state index in [-0.39, 0.29) is 17.8 Å². The average molecular weight is 511 g/mol. The van der Waals surface area contributed by atoms with E-state index in [9.17, 15) is 10.1 Å². The lowest BCUT2D eigenvalue weighted by Crippen LogP contribution is -2.08. The van der Waals surface area contributed by atoms with Crippen LogP contribution in [-0.2, 0) is 16.1 Å². The highest BCUT2D eigenvalue weighted by molar-refractivity contribution is 5.82. The number of aryl methyl sites for hydroxylation is 2. The molecule has 0 saturated carbocycles. The van der Waals surface area contributed by atoms with Gasteiger partial charge in [0.25, 0.3) is 0 Å². The number of nitrogens with zero attached hydrogens (tertiary/aromatic N) is 4. The number of hydrogen-bond acceptors (Lipinski definition) is 6. The first-order valence-electron chi connectivity index (χ1n) is 13.0. The lowest BCUT2D eigenvalue weighted by molar-refractivity contribution is -0.143. The summed E-state index contributed by atoms with van der Waals surface area (Å²) in [5.41, 5.74) is 7.50. The van der Waals surface area contributed by atoms with Crippen LogP contribution >= 0.6 is 0 Å². The van der Waals surface area contributed by atoms with Gasteiger partial charge in [-0.15, -0.1) is 0 Å². The molecule has 4 rings (SSSR count). The first-order valence-corrected chi connectivity index (χ1v) is 13.0. The van der Waals surface area contributed by atoms with Gasteiger partial charge in [-0.2, -0.15) is 10.4 Å². The van der Waals surface area contributed by atoms with E-state index in [1.165, 1.54) is 0 Å². The van der Waals surface area contributed by atoms with E-state index < -0.39 is 0 Å². The molecule has 0 aliphatic heterocycles. The molecular weight excluding hydrogens is 476 g/mol. The Bertz CT molecular complexity index is 1470. The fourth-order valence-corrected chi connectivity index (χ4v) is 4.67. The minimum Gasteiger partial charge on any atom is -0.489 e. The minimum atomic E-state index is -0.187. The summed E-state index contributed by atoms with van der Waals surface area (Å²) >= 11 is 0. The Labute approximate surface area is 224 Å². The van der Waals surface area contributed by atoms with Crippen LogP contribution in [0.3, 0.4) is 0 Å². The highest BCUT2D eigenvalue weighted by Crippen LogP contribution is 2.33. The van der Waals surface area contributed by atoms with Gasteiger partial charge in [-0.1, -0.05) is 32.9 Å². The fourth-order valence-electron chi connectivity index (χ4n) is 4.67. The van der Waals surface area contributed by atoms with Gasteiger partial charge in [0.2, 0.25) is 0 Å². The monoisotopic (exact) mass is 510 g/mol. The van der Waals surface area contributed by atoms with Gasteiger partial charge >= 0.3 is 5.97 Å². The maximum absolute atomic E-state index is 11.8. The summed E-state index contributed by atoms with van der Waals surface area (Å²) in [6.45, 7) is 12.8. The number of hydrogen-bond donors (Lipinski definition) is 0. The third-order valence-electron chi connectivity index (χ3n) is 6.59. The van der Waals surface area contributed by atoms with Crippen LogP contribution in [0.2, 0.25) is 0 Å². The van der Waals surface area contributed by atoms with Gasteiger partial charge in [-0.25, -0.2) is 9.50 Å². The highest BCUT2D eigenvalue weighted by Gasteiger charge is 2.18. The van der Waals surface area contributed by atoms with Gasteiger partial charge in [0.1, 0.15) is 12.4 Å². The molecule has 0 spiro atoms. The molecule has 0 amide bonds. The molecule has 0 fully saturated rings. The van der Waals surface area contributed by atoms with Crippen LogP contribution < -0.4 is 4.74 Å². The molecule has 0 N–H and O–H groups in total. The lowest BCUT2D eigenvalue weighted by atomic mass is 9.93. The maximum Gasteiger partial charge on any atom is 0.306 e. The van der Waals surface area contributed by atoms with Crippen molar-refractivity contribution in [3.63, 3.8) is 0 Å². The molecular formula is C31H34N4O3. The summed E-state index contributed by atoms with van der Waals surface area (Å²) in [6, 6.07) is 16.0. The standard InChI is InChI=1S/C31H34N4O3/c1-7-37-28(36)14-20(4)25-8-10-26(11-9-25)38-18-24-15-27(29-21(5)12-23(16-32)13-22(29)6)31-33-30(19(2)3)34-35(31)17-24/h8-13,15,17,19-20H,7,14,18H2,1-6H3. The Morgan fingerprint density at radius 3 is 2.37 bits per heavy atom. The first kappa shape index (κ1) is 26.9. The molecule has 0 aliphatic carbocycles. The van der Waals surface area contributed by atoms with Crippen LogP contribution in [0.15, 0.2) is 48.7 Å². The van der Waals surface area contributed by atoms with Crippen LogP contribution in [0, 0.1) is 25.2 Å². The predicted molar refractivity (Wildman–Crippen MR) is 147 cm³/mol. The van der Waals surface area contributed by atoms with Crippen LogP contribution in [0.1, 0.15) is 79.6 Å². The molecule has 1 unspecified atom stereocenters. The number of rotatable bonds is 9. The van der Waals surface area contributed by atoms with Gasteiger partial charge in [0, 0.05) is 23.2 Å². The first-order chi connectivity index (χ1) is 18.2. The third-order valence-corrected chi connectivity index (χ3v) is 6.59. The van der Waals surface area contributed by atoms with Crippen molar-refractivity contribution in [1.29, 1.82) is 5.26 Å². The van der Waals surface area contributed by atoms with E-state index in [1.807, 2.05) is 74.8 Å². The Morgan fingerprint density at radius 2 is 1.76 bits per heavy atom. The molecule has 2 aromatic heterocycles. The quantitative estimate of drug-likeness (QED) is 0.234. The fraction of sp³-hybridized carbons (Fsp3) is 0.355. The number of nitriles is 1. The number of carbonyl (C=O) groups excluding carboxylic acids is 1. The number of carbonyl (C=O) groups is 1. The molecule has 0 radical (unpaired) electrons. The van der Waals surface area contributed by atoms with Crippen molar-refractivity contribution in [2.45, 2.75) is 66.4 Å². The zero-order valence-corrected chi connectivity index (χ0v) is 22.9. The normalized spacial score (nSPS) is 11.9. The Hall–Kier alpha value is -4.18. The van der Waals surface area contributed by atoms with Crippen molar-refractivity contribution >= 4 is 11.6 Å². The SMILES string of the molecule is CCOC(=O)CC(C)c1ccc(OCc2cc(-c3c(C)cc(C#N)cc3C)c3nc(C(C)C)nn3c2)cc1. The molecule has 4 aromatic rings. The Kier molecular flexibility index (Phi) is 8.11. The van der Waals surface area contributed by atoms with Gasteiger partial charge in [0.15, 0.2) is 11.5 Å². The summed E-state index contributed by atoms with van der Waals surface area (Å²) < 4.78 is 13.0. The Morgan fingerprint density at radius 1 is 1.08 bits per heavy atom. The molecule has 1 atom stereocenters. The van der Waals surface area contributed by atoms with Crippen LogP contribution in [0.25, 0.3) is 16.8 Å². The molecule has 0 saturated heterocycles. The number of ether oxygens (including phenoxy) is 2. The van der Waals surface area contributed by atoms with Crippen molar-refractivity contribution < 1.29 is 14.3 Å². The number of pyridine rings is 1. The zero-order chi connectivity index (χ0) is 27.4. The van der Waals surface area contributed by atoms with Crippen molar-refractivity contribution in [3.05, 3.63) is 82.3 Å². The summed E-state index contributed by atoms with van der Waals surface area (Å²) in [5, 5.41) is 14.1. The summed E-state index contributed by atoms with van der Waals surface area (Å²) in [6.07, 6.45) is 2.31. The smallest absolute Gasteiger partial charge is 0.306 e. The molecule has 0 aliphatic rings. The van der Waals surface area contributed by atoms with Crippen molar-refractivity contribution in [2.75, 3.05) is 6.61 Å². The predicted octanol–water partition coefficient (Wildman–Crippen LogP) is 6.64. The molecule has 7 heteroatoms. The van der Waals surface area contributed by atoms with Gasteiger partial charge in [-0.05, 0) is 79.3 Å². The van der Waals surface area contributed by atoms with Gasteiger partial charge < -0.3 is 9.47 Å². The summed E-state index contributed by atoms with van der Waals surface area (Å²) in [4.78, 5) is 16.7. The minimum absolute atomic E-state index is 0.0643. The second-order valence-corrected chi connectivity index (χ2v) is 10.0. The molecule has 2 heterocycles. The largest absolute Gasteiger partial charge is 0.489 e. The van der Waals surface area contributed by atoms with E-state index in [4.69, 9.17) is 19.6 Å². The van der Waals surface area contributed by atoms with E-state index >= 15 is 0 Å². The van der Waals surface area contributed by atoms with E-state index in [2.05, 4.69) is 26.0 Å². The van der Waals surface area contributed by atoms with Crippen molar-refractivity contribution in [1.82, 2.24) is 14.6 Å². The van der Waals surface area contributed by atoms with Crippen molar-refractivity contribution in [2.24, 2.45) is 0 Å². The average Bonchev–Trinajstić information content (AvgIpc) is 3.32. The van der Waals surface area contributed by atoms with Gasteiger partial charge in [-0.3, -0.25) is 4.79 Å². The molecule has 7 nitrogen and oxygen atoms in total. The molecule has 38 heavy (non-hydrogen) atoms. The van der Waals surface area contributed by atoms with Gasteiger partial charge in [0.05, 0.1) is 24.7 Å².